The minimum Gasteiger partial charge on any atom is -0.207 e. The summed E-state index contributed by atoms with van der Waals surface area (Å²) in [5, 5.41) is 8.76. The maximum absolute atomic E-state index is 12.3. The van der Waals surface area contributed by atoms with E-state index in [2.05, 4.69) is 6.58 Å². The van der Waals surface area contributed by atoms with Crippen molar-refractivity contribution in [3.63, 3.8) is 0 Å². The second kappa shape index (κ2) is 5.34. The van der Waals surface area contributed by atoms with Crippen LogP contribution in [0.4, 0.5) is 0 Å². The van der Waals surface area contributed by atoms with Gasteiger partial charge in [-0.1, -0.05) is 12.2 Å². The molecule has 0 aliphatic carbocycles. The molecule has 0 aliphatic rings. The fourth-order valence-electron chi connectivity index (χ4n) is 1.64. The molecule has 0 unspecified atom stereocenters. The molecule has 0 bridgehead atoms. The van der Waals surface area contributed by atoms with Crippen LogP contribution in [0.1, 0.15) is 18.1 Å². The van der Waals surface area contributed by atoms with Crippen molar-refractivity contribution in [2.75, 3.05) is 13.6 Å². The number of hydrogen-bond acceptors (Lipinski definition) is 3. The summed E-state index contributed by atoms with van der Waals surface area (Å²) in [5.41, 5.74) is 1.80. The lowest BCUT2D eigenvalue weighted by atomic mass is 10.2. The Morgan fingerprint density at radius 1 is 1.50 bits per heavy atom. The maximum Gasteiger partial charge on any atom is 0.243 e. The van der Waals surface area contributed by atoms with E-state index in [1.165, 1.54) is 23.5 Å². The van der Waals surface area contributed by atoms with Gasteiger partial charge in [0.05, 0.1) is 16.5 Å². The van der Waals surface area contributed by atoms with E-state index in [1.807, 2.05) is 6.07 Å². The lowest BCUT2D eigenvalue weighted by Gasteiger charge is -2.18. The predicted molar refractivity (Wildman–Crippen MR) is 70.5 cm³/mol. The summed E-state index contributed by atoms with van der Waals surface area (Å²) in [5.74, 6) is 0. The Morgan fingerprint density at radius 3 is 2.56 bits per heavy atom. The summed E-state index contributed by atoms with van der Waals surface area (Å²) in [6.07, 6.45) is 0. The van der Waals surface area contributed by atoms with Crippen molar-refractivity contribution in [1.29, 1.82) is 5.26 Å². The lowest BCUT2D eigenvalue weighted by Crippen LogP contribution is -2.28. The molecule has 0 aliphatic heterocycles. The summed E-state index contributed by atoms with van der Waals surface area (Å²) in [4.78, 5) is 0.227. The molecule has 0 heterocycles. The van der Waals surface area contributed by atoms with Gasteiger partial charge in [-0.05, 0) is 37.6 Å². The van der Waals surface area contributed by atoms with Gasteiger partial charge in [-0.25, -0.2) is 8.42 Å². The molecule has 0 amide bonds. The normalized spacial score (nSPS) is 11.3. The van der Waals surface area contributed by atoms with Gasteiger partial charge in [0, 0.05) is 13.6 Å². The molecule has 0 atom stereocenters. The number of nitriles is 1. The average Bonchev–Trinajstić information content (AvgIpc) is 2.27. The van der Waals surface area contributed by atoms with Gasteiger partial charge in [0.2, 0.25) is 10.0 Å². The lowest BCUT2D eigenvalue weighted by molar-refractivity contribution is 0.492. The van der Waals surface area contributed by atoms with E-state index in [9.17, 15) is 8.42 Å². The van der Waals surface area contributed by atoms with Gasteiger partial charge in [0.1, 0.15) is 0 Å². The van der Waals surface area contributed by atoms with Crippen LogP contribution in [0, 0.1) is 18.3 Å². The first-order chi connectivity index (χ1) is 8.28. The molecule has 1 aromatic rings. The highest BCUT2D eigenvalue weighted by Crippen LogP contribution is 2.20. The van der Waals surface area contributed by atoms with Crippen LogP contribution in [-0.4, -0.2) is 26.3 Å². The minimum atomic E-state index is -3.53. The quantitative estimate of drug-likeness (QED) is 0.782. The van der Waals surface area contributed by atoms with E-state index in [-0.39, 0.29) is 11.4 Å². The Morgan fingerprint density at radius 2 is 2.11 bits per heavy atom. The third-order valence-electron chi connectivity index (χ3n) is 2.48. The Hall–Kier alpha value is -1.64. The molecule has 1 rings (SSSR count). The molecule has 0 N–H and O–H groups in total. The molecule has 4 nitrogen and oxygen atoms in total. The first kappa shape index (κ1) is 14.4. The van der Waals surface area contributed by atoms with Gasteiger partial charge < -0.3 is 0 Å². The van der Waals surface area contributed by atoms with Gasteiger partial charge in [0.25, 0.3) is 0 Å². The van der Waals surface area contributed by atoms with E-state index >= 15 is 0 Å². The van der Waals surface area contributed by atoms with Gasteiger partial charge >= 0.3 is 0 Å². The molecule has 0 radical (unpaired) electrons. The molecule has 0 saturated carbocycles. The first-order valence-electron chi connectivity index (χ1n) is 5.40. The highest BCUT2D eigenvalue weighted by atomic mass is 32.2. The summed E-state index contributed by atoms with van der Waals surface area (Å²) >= 11 is 0. The van der Waals surface area contributed by atoms with Crippen molar-refractivity contribution in [2.45, 2.75) is 18.7 Å². The first-order valence-corrected chi connectivity index (χ1v) is 6.84. The Balaban J connectivity index is 3.21. The number of likely N-dealkylation sites (N-methyl/N-ethyl adjacent to an activating group) is 1. The maximum atomic E-state index is 12.3. The van der Waals surface area contributed by atoms with E-state index < -0.39 is 10.0 Å². The third-order valence-corrected chi connectivity index (χ3v) is 4.45. The highest BCUT2D eigenvalue weighted by Gasteiger charge is 2.22. The monoisotopic (exact) mass is 264 g/mol. The zero-order chi connectivity index (χ0) is 13.9. The van der Waals surface area contributed by atoms with Crippen molar-refractivity contribution in [3.8, 4) is 6.07 Å². The number of benzene rings is 1. The summed E-state index contributed by atoms with van der Waals surface area (Å²) in [6.45, 7) is 7.44. The van der Waals surface area contributed by atoms with Crippen LogP contribution >= 0.6 is 0 Å². The van der Waals surface area contributed by atoms with Crippen molar-refractivity contribution in [1.82, 2.24) is 4.31 Å². The van der Waals surface area contributed by atoms with Crippen LogP contribution in [0.25, 0.3) is 0 Å². The molecule has 0 saturated heterocycles. The summed E-state index contributed by atoms with van der Waals surface area (Å²) < 4.78 is 25.8. The summed E-state index contributed by atoms with van der Waals surface area (Å²) in [6, 6.07) is 6.54. The standard InChI is InChI=1S/C13H16N2O2S/c1-10(2)9-15(4)18(16,17)13-6-5-12(8-14)7-11(13)3/h5-7H,1,9H2,2-4H3. The molecule has 5 heteroatoms. The Bertz CT molecular complexity index is 612. The van der Waals surface area contributed by atoms with Gasteiger partial charge in [0.15, 0.2) is 0 Å². The van der Waals surface area contributed by atoms with Crippen LogP contribution in [0.2, 0.25) is 0 Å². The van der Waals surface area contributed by atoms with E-state index in [0.29, 0.717) is 11.1 Å². The SMILES string of the molecule is C=C(C)CN(C)S(=O)(=O)c1ccc(C#N)cc1C. The largest absolute Gasteiger partial charge is 0.243 e. The predicted octanol–water partition coefficient (Wildman–Crippen LogP) is 2.06. The van der Waals surface area contributed by atoms with Crippen molar-refractivity contribution in [3.05, 3.63) is 41.5 Å². The van der Waals surface area contributed by atoms with E-state index in [1.54, 1.807) is 19.9 Å². The second-order valence-corrected chi connectivity index (χ2v) is 6.32. The molecule has 96 valence electrons. The average molecular weight is 264 g/mol. The molecule has 1 aromatic carbocycles. The number of sulfonamides is 1. The minimum absolute atomic E-state index is 0.227. The van der Waals surface area contributed by atoms with Crippen molar-refractivity contribution < 1.29 is 8.42 Å². The number of aryl methyl sites for hydroxylation is 1. The van der Waals surface area contributed by atoms with Gasteiger partial charge in [-0.15, -0.1) is 0 Å². The fourth-order valence-corrected chi connectivity index (χ4v) is 3.07. The molecule has 0 spiro atoms. The summed E-state index contributed by atoms with van der Waals surface area (Å²) in [7, 11) is -2.01. The topological polar surface area (TPSA) is 61.2 Å². The molecular weight excluding hydrogens is 248 g/mol. The van der Waals surface area contributed by atoms with Crippen LogP contribution < -0.4 is 0 Å². The molecule has 0 fully saturated rings. The van der Waals surface area contributed by atoms with Gasteiger partial charge in [-0.3, -0.25) is 0 Å². The van der Waals surface area contributed by atoms with Crippen molar-refractivity contribution >= 4 is 10.0 Å². The Kier molecular flexibility index (Phi) is 4.28. The second-order valence-electron chi connectivity index (χ2n) is 4.31. The van der Waals surface area contributed by atoms with Crippen molar-refractivity contribution in [2.24, 2.45) is 0 Å². The molecule has 0 aromatic heterocycles. The smallest absolute Gasteiger partial charge is 0.207 e. The van der Waals surface area contributed by atoms with E-state index in [0.717, 1.165) is 5.57 Å². The molecular formula is C13H16N2O2S. The van der Waals surface area contributed by atoms with Crippen LogP contribution in [0.15, 0.2) is 35.2 Å². The number of rotatable bonds is 4. The fraction of sp³-hybridized carbons (Fsp3) is 0.308. The number of hydrogen-bond donors (Lipinski definition) is 0. The Labute approximate surface area is 108 Å². The molecule has 18 heavy (non-hydrogen) atoms. The zero-order valence-corrected chi connectivity index (χ0v) is 11.6. The third kappa shape index (κ3) is 2.97. The number of nitrogens with zero attached hydrogens (tertiary/aromatic N) is 2. The van der Waals surface area contributed by atoms with Crippen LogP contribution in [-0.2, 0) is 10.0 Å². The van der Waals surface area contributed by atoms with Crippen LogP contribution in [0.3, 0.4) is 0 Å². The zero-order valence-electron chi connectivity index (χ0n) is 10.8. The highest BCUT2D eigenvalue weighted by molar-refractivity contribution is 7.89. The van der Waals surface area contributed by atoms with Crippen LogP contribution in [0.5, 0.6) is 0 Å². The van der Waals surface area contributed by atoms with Gasteiger partial charge in [-0.2, -0.15) is 9.57 Å². The van der Waals surface area contributed by atoms with E-state index in [4.69, 9.17) is 5.26 Å².